The Morgan fingerprint density at radius 2 is 1.13 bits per heavy atom. The maximum absolute atomic E-state index is 13.8. The van der Waals surface area contributed by atoms with Crippen molar-refractivity contribution in [1.29, 1.82) is 0 Å². The zero-order chi connectivity index (χ0) is 52.1. The largest absolute Gasteiger partial charge is 0.514 e. The minimum atomic E-state index is -1.69. The number of carbonyl (C=O) groups excluding carboxylic acids is 1. The number of fused-ring (bicyclic) bond motifs is 10. The van der Waals surface area contributed by atoms with Crippen molar-refractivity contribution >= 4 is 75.7 Å². The SMILES string of the molecule is I.O=C(OCc1ccc(OC2OC(CO)C(O)[C@H](O)[C@@H]2O)c(N2N3\C(=C/C=C/C=C/C4=[N+]2c2ccccc2C4)Cc2ccccc23)c1)Oc1ccc(N2N3\C(=C/C=C/C=C/C4=[N+]2c2ccccc2C4)Cc2ccccc23)cc1. The summed E-state index contributed by atoms with van der Waals surface area (Å²) in [6.07, 6.45) is 14.8. The van der Waals surface area contributed by atoms with Crippen molar-refractivity contribution < 1.29 is 53.5 Å². The standard InChI is InChI=1S/C62H54N6O9.HI/c69-38-57-58(70)59(71)60(72)61(77-57)76-56-32-27-40(33-55(56)68-65-48(36-43-17-9-13-25-53(43)65)21-5-2-6-22-49-37-44-18-10-14-26-54(44)66(49)68)39-74-62(73)75-50-30-28-45(29-31-50)67-63-46(34-41-15-7-11-23-51(41)63)19-3-1-4-20-47-35-42-16-8-12-24-52(42)64(47)67;/h1-33,57-61,69-72H,34-39H2;1H/q+2;/t57?,58?,59-,60-,61?;/m0./s1. The van der Waals surface area contributed by atoms with Crippen LogP contribution in [-0.4, -0.2) is 84.7 Å². The van der Waals surface area contributed by atoms with E-state index in [0.29, 0.717) is 24.1 Å². The first-order valence-electron chi connectivity index (χ1n) is 25.8. The summed E-state index contributed by atoms with van der Waals surface area (Å²) in [5.74, 6) is 0.498. The highest BCUT2D eigenvalue weighted by atomic mass is 127. The molecule has 13 rings (SSSR count). The number of anilines is 4. The van der Waals surface area contributed by atoms with Gasteiger partial charge < -0.3 is 39.4 Å². The number of aliphatic hydroxyl groups is 4. The summed E-state index contributed by atoms with van der Waals surface area (Å²) in [6, 6.07) is 45.8. The van der Waals surface area contributed by atoms with Gasteiger partial charge in [-0.05, 0) is 87.6 Å². The summed E-state index contributed by atoms with van der Waals surface area (Å²) in [7, 11) is 0. The molecule has 78 heavy (non-hydrogen) atoms. The number of aliphatic hydroxyl groups excluding tert-OH is 4. The fourth-order valence-corrected chi connectivity index (χ4v) is 11.1. The Labute approximate surface area is 467 Å². The van der Waals surface area contributed by atoms with E-state index in [1.807, 2.05) is 65.8 Å². The van der Waals surface area contributed by atoms with Crippen molar-refractivity contribution in [1.82, 2.24) is 0 Å². The number of allylic oxidation sites excluding steroid dienone is 12. The van der Waals surface area contributed by atoms with Gasteiger partial charge in [-0.3, -0.25) is 0 Å². The first-order chi connectivity index (χ1) is 37.8. The van der Waals surface area contributed by atoms with Crippen molar-refractivity contribution in [2.45, 2.75) is 63.0 Å². The van der Waals surface area contributed by atoms with Crippen LogP contribution in [0, 0.1) is 0 Å². The maximum atomic E-state index is 13.8. The molecule has 0 aliphatic carbocycles. The quantitative estimate of drug-likeness (QED) is 0.0496. The summed E-state index contributed by atoms with van der Waals surface area (Å²) in [6.45, 7) is -0.839. The average molecular weight is 1160 g/mol. The summed E-state index contributed by atoms with van der Waals surface area (Å²) in [5.41, 5.74) is 14.5. The summed E-state index contributed by atoms with van der Waals surface area (Å²) >= 11 is 0. The van der Waals surface area contributed by atoms with E-state index in [4.69, 9.17) is 18.9 Å². The number of nitrogens with zero attached hydrogens (tertiary/aromatic N) is 6. The normalized spacial score (nSPS) is 24.5. The Bertz CT molecular complexity index is 3600. The number of halogens is 1. The molecule has 392 valence electrons. The minimum absolute atomic E-state index is 0. The molecule has 3 unspecified atom stereocenters. The number of para-hydroxylation sites is 4. The summed E-state index contributed by atoms with van der Waals surface area (Å²) in [5, 5.41) is 51.5. The van der Waals surface area contributed by atoms with E-state index in [1.165, 1.54) is 11.1 Å². The molecule has 15 nitrogen and oxygen atoms in total. The van der Waals surface area contributed by atoms with E-state index in [1.54, 1.807) is 24.3 Å². The topological polar surface area (TPSA) is 154 Å². The van der Waals surface area contributed by atoms with E-state index >= 15 is 0 Å². The molecule has 6 aromatic carbocycles. The molecule has 5 atom stereocenters. The van der Waals surface area contributed by atoms with Crippen molar-refractivity contribution in [3.8, 4) is 11.5 Å². The molecule has 0 aromatic heterocycles. The zero-order valence-electron chi connectivity index (χ0n) is 42.1. The van der Waals surface area contributed by atoms with Gasteiger partial charge in [0.25, 0.3) is 0 Å². The van der Waals surface area contributed by atoms with E-state index in [2.05, 4.69) is 140 Å². The molecule has 7 aliphatic rings. The number of hydrazone groups is 2. The van der Waals surface area contributed by atoms with Gasteiger partial charge in [0.2, 0.25) is 29.1 Å². The maximum Gasteiger partial charge on any atom is 0.514 e. The highest BCUT2D eigenvalue weighted by Crippen LogP contribution is 2.46. The Kier molecular flexibility index (Phi) is 13.9. The molecule has 0 radical (unpaired) electrons. The van der Waals surface area contributed by atoms with Crippen LogP contribution in [0.4, 0.5) is 38.9 Å². The molecular weight excluding hydrogens is 1100 g/mol. The van der Waals surface area contributed by atoms with Crippen LogP contribution in [0.15, 0.2) is 212 Å². The van der Waals surface area contributed by atoms with E-state index in [-0.39, 0.29) is 42.1 Å². The van der Waals surface area contributed by atoms with Crippen LogP contribution in [0.5, 0.6) is 11.5 Å². The zero-order valence-corrected chi connectivity index (χ0v) is 44.4. The number of hydrogen-bond donors (Lipinski definition) is 4. The Balaban J connectivity index is 0.00000609. The van der Waals surface area contributed by atoms with Crippen LogP contribution in [0.25, 0.3) is 0 Å². The number of carbonyl (C=O) groups is 1. The molecule has 16 heteroatoms. The predicted molar refractivity (Wildman–Crippen MR) is 307 cm³/mol. The van der Waals surface area contributed by atoms with Gasteiger partial charge in [-0.2, -0.15) is 0 Å². The lowest BCUT2D eigenvalue weighted by Crippen LogP contribution is -2.60. The highest BCUT2D eigenvalue weighted by molar-refractivity contribution is 14.0. The first kappa shape index (κ1) is 50.7. The molecule has 0 amide bonds. The fraction of sp³-hybridized carbons (Fsp3) is 0.177. The van der Waals surface area contributed by atoms with Crippen LogP contribution in [0.3, 0.4) is 0 Å². The minimum Gasteiger partial charge on any atom is -0.459 e. The lowest BCUT2D eigenvalue weighted by Gasteiger charge is -2.40. The summed E-state index contributed by atoms with van der Waals surface area (Å²) < 4.78 is 28.6. The number of ether oxygens (including phenoxy) is 4. The molecule has 7 heterocycles. The van der Waals surface area contributed by atoms with Gasteiger partial charge in [-0.15, -0.1) is 24.0 Å². The van der Waals surface area contributed by atoms with Crippen LogP contribution >= 0.6 is 24.0 Å². The number of rotatable bonds is 8. The molecule has 0 bridgehead atoms. The Morgan fingerprint density at radius 1 is 0.577 bits per heavy atom. The van der Waals surface area contributed by atoms with Crippen molar-refractivity contribution in [3.63, 3.8) is 0 Å². The third-order valence-corrected chi connectivity index (χ3v) is 14.8. The van der Waals surface area contributed by atoms with Gasteiger partial charge in [0, 0.05) is 48.3 Å². The van der Waals surface area contributed by atoms with Crippen LogP contribution in [0.1, 0.15) is 27.8 Å². The van der Waals surface area contributed by atoms with Gasteiger partial charge in [-0.25, -0.2) is 14.8 Å². The second kappa shape index (κ2) is 21.4. The molecular formula is C62H55IN6O9+2. The molecule has 4 N–H and O–H groups in total. The average Bonchev–Trinajstić information content (AvgIpc) is 4.28. The molecule has 1 saturated heterocycles. The fourth-order valence-electron chi connectivity index (χ4n) is 11.1. The second-order valence-electron chi connectivity index (χ2n) is 19.6. The molecule has 0 spiro atoms. The molecule has 6 aromatic rings. The van der Waals surface area contributed by atoms with E-state index in [0.717, 1.165) is 75.2 Å². The number of benzene rings is 6. The van der Waals surface area contributed by atoms with Crippen molar-refractivity contribution in [2.24, 2.45) is 0 Å². The van der Waals surface area contributed by atoms with Crippen LogP contribution < -0.4 is 29.7 Å². The number of hydrogen-bond acceptors (Lipinski definition) is 13. The summed E-state index contributed by atoms with van der Waals surface area (Å²) in [4.78, 5) is 13.8. The van der Waals surface area contributed by atoms with Gasteiger partial charge in [0.15, 0.2) is 11.4 Å². The Hall–Kier alpha value is -8.10. The van der Waals surface area contributed by atoms with Gasteiger partial charge >= 0.3 is 6.16 Å². The lowest BCUT2D eigenvalue weighted by atomic mass is 9.99. The third kappa shape index (κ3) is 9.18. The first-order valence-corrected chi connectivity index (χ1v) is 25.8. The van der Waals surface area contributed by atoms with Crippen molar-refractivity contribution in [2.75, 3.05) is 26.9 Å². The number of hydrazine groups is 4. The highest BCUT2D eigenvalue weighted by Gasteiger charge is 2.48. The monoisotopic (exact) mass is 1150 g/mol. The molecule has 0 saturated carbocycles. The van der Waals surface area contributed by atoms with E-state index < -0.39 is 43.5 Å². The van der Waals surface area contributed by atoms with Gasteiger partial charge in [0.05, 0.1) is 42.2 Å². The van der Waals surface area contributed by atoms with Crippen LogP contribution in [0.2, 0.25) is 0 Å². The second-order valence-corrected chi connectivity index (χ2v) is 19.6. The smallest absolute Gasteiger partial charge is 0.459 e. The Morgan fingerprint density at radius 3 is 1.73 bits per heavy atom. The lowest BCUT2D eigenvalue weighted by molar-refractivity contribution is -0.453. The molecule has 1 fully saturated rings. The van der Waals surface area contributed by atoms with E-state index in [9.17, 15) is 25.2 Å². The van der Waals surface area contributed by atoms with Crippen LogP contribution in [-0.2, 0) is 41.8 Å². The van der Waals surface area contributed by atoms with Gasteiger partial charge in [0.1, 0.15) is 42.5 Å². The predicted octanol–water partition coefficient (Wildman–Crippen LogP) is 9.30. The molecule has 7 aliphatic heterocycles. The van der Waals surface area contributed by atoms with Crippen molar-refractivity contribution in [3.05, 3.63) is 239 Å². The third-order valence-electron chi connectivity index (χ3n) is 14.8. The van der Waals surface area contributed by atoms with Gasteiger partial charge in [-0.1, -0.05) is 125 Å².